The summed E-state index contributed by atoms with van der Waals surface area (Å²) >= 11 is 6.13. The molecule has 0 N–H and O–H groups in total. The third kappa shape index (κ3) is 2.14. The fourth-order valence-electron chi connectivity index (χ4n) is 2.33. The van der Waals surface area contributed by atoms with Crippen LogP contribution in [0.15, 0.2) is 48.7 Å². The zero-order chi connectivity index (χ0) is 13.9. The van der Waals surface area contributed by atoms with E-state index in [1.807, 2.05) is 60.0 Å². The Balaban J connectivity index is 2.24. The molecule has 4 heteroatoms. The van der Waals surface area contributed by atoms with Crippen molar-refractivity contribution >= 4 is 17.2 Å². The Labute approximate surface area is 122 Å². The van der Waals surface area contributed by atoms with Crippen molar-refractivity contribution in [1.82, 2.24) is 9.38 Å². The molecule has 0 bridgehead atoms. The van der Waals surface area contributed by atoms with E-state index in [2.05, 4.69) is 0 Å². The minimum atomic E-state index is 0.404. The molecule has 0 unspecified atom stereocenters. The number of aromatic nitrogens is 2. The topological polar surface area (TPSA) is 26.5 Å². The highest BCUT2D eigenvalue weighted by Gasteiger charge is 2.16. The quantitative estimate of drug-likeness (QED) is 0.674. The summed E-state index contributed by atoms with van der Waals surface area (Å²) in [6.07, 6.45) is 1.98. The Morgan fingerprint density at radius 1 is 1.15 bits per heavy atom. The molecule has 0 fully saturated rings. The maximum absolute atomic E-state index is 6.13. The molecule has 0 radical (unpaired) electrons. The number of hydrogen-bond donors (Lipinski definition) is 0. The summed E-state index contributed by atoms with van der Waals surface area (Å²) in [6.45, 7) is 2.60. The zero-order valence-corrected chi connectivity index (χ0v) is 12.0. The van der Waals surface area contributed by atoms with Crippen molar-refractivity contribution in [3.05, 3.63) is 54.4 Å². The second-order valence-electron chi connectivity index (χ2n) is 4.40. The van der Waals surface area contributed by atoms with Crippen molar-refractivity contribution in [2.24, 2.45) is 0 Å². The molecule has 0 spiro atoms. The third-order valence-corrected chi connectivity index (χ3v) is 3.45. The minimum absolute atomic E-state index is 0.404. The van der Waals surface area contributed by atoms with E-state index in [1.54, 1.807) is 0 Å². The number of alkyl halides is 1. The van der Waals surface area contributed by atoms with E-state index >= 15 is 0 Å². The smallest absolute Gasteiger partial charge is 0.137 e. The summed E-state index contributed by atoms with van der Waals surface area (Å²) in [4.78, 5) is 4.70. The van der Waals surface area contributed by atoms with Gasteiger partial charge in [0.1, 0.15) is 11.4 Å². The lowest BCUT2D eigenvalue weighted by molar-refractivity contribution is 0.341. The number of benzene rings is 1. The van der Waals surface area contributed by atoms with Gasteiger partial charge in [0, 0.05) is 11.8 Å². The van der Waals surface area contributed by atoms with E-state index in [-0.39, 0.29) is 0 Å². The first kappa shape index (κ1) is 13.0. The highest BCUT2D eigenvalue weighted by atomic mass is 35.5. The van der Waals surface area contributed by atoms with Crippen molar-refractivity contribution in [3.63, 3.8) is 0 Å². The number of hydrogen-bond acceptors (Lipinski definition) is 2. The van der Waals surface area contributed by atoms with Gasteiger partial charge < -0.3 is 9.14 Å². The molecule has 0 aliphatic carbocycles. The summed E-state index contributed by atoms with van der Waals surface area (Å²) in [5.74, 6) is 1.24. The molecule has 1 aromatic carbocycles. The van der Waals surface area contributed by atoms with Crippen LogP contribution in [0, 0.1) is 0 Å². The maximum atomic E-state index is 6.13. The fourth-order valence-corrected chi connectivity index (χ4v) is 2.59. The number of ether oxygens (including phenoxy) is 1. The first-order chi connectivity index (χ1) is 9.85. The van der Waals surface area contributed by atoms with Crippen molar-refractivity contribution in [3.8, 4) is 17.0 Å². The molecule has 0 aliphatic rings. The van der Waals surface area contributed by atoms with Gasteiger partial charge in [-0.3, -0.25) is 0 Å². The van der Waals surface area contributed by atoms with Crippen molar-refractivity contribution in [1.29, 1.82) is 0 Å². The SMILES string of the molecule is CCOc1ccccc1-c1nc2ccccn2c1CCl. The fraction of sp³-hybridized carbons (Fsp3) is 0.188. The molecule has 0 saturated heterocycles. The van der Waals surface area contributed by atoms with Crippen LogP contribution in [0.5, 0.6) is 5.75 Å². The average molecular weight is 287 g/mol. The normalized spacial score (nSPS) is 10.9. The van der Waals surface area contributed by atoms with Gasteiger partial charge in [0.25, 0.3) is 0 Å². The van der Waals surface area contributed by atoms with E-state index < -0.39 is 0 Å². The molecule has 0 atom stereocenters. The number of nitrogens with zero attached hydrogens (tertiary/aromatic N) is 2. The highest BCUT2D eigenvalue weighted by molar-refractivity contribution is 6.17. The summed E-state index contributed by atoms with van der Waals surface area (Å²) in [7, 11) is 0. The first-order valence-corrected chi connectivity index (χ1v) is 7.12. The van der Waals surface area contributed by atoms with Gasteiger partial charge in [0.2, 0.25) is 0 Å². The standard InChI is InChI=1S/C16H15ClN2O/c1-2-20-14-8-4-3-7-12(14)16-13(11-17)19-10-6-5-9-15(19)18-16/h3-10H,2,11H2,1H3. The monoisotopic (exact) mass is 286 g/mol. The average Bonchev–Trinajstić information content (AvgIpc) is 2.86. The van der Waals surface area contributed by atoms with E-state index in [1.165, 1.54) is 0 Å². The molecule has 0 amide bonds. The van der Waals surface area contributed by atoms with Crippen LogP contribution in [0.1, 0.15) is 12.6 Å². The third-order valence-electron chi connectivity index (χ3n) is 3.20. The van der Waals surface area contributed by atoms with Crippen LogP contribution < -0.4 is 4.74 Å². The van der Waals surface area contributed by atoms with Gasteiger partial charge in [0.05, 0.1) is 23.9 Å². The zero-order valence-electron chi connectivity index (χ0n) is 11.2. The number of halogens is 1. The molecule has 3 rings (SSSR count). The van der Waals surface area contributed by atoms with Crippen LogP contribution in [0.25, 0.3) is 16.9 Å². The van der Waals surface area contributed by atoms with E-state index in [0.717, 1.165) is 28.3 Å². The molecule has 3 nitrogen and oxygen atoms in total. The largest absolute Gasteiger partial charge is 0.493 e. The highest BCUT2D eigenvalue weighted by Crippen LogP contribution is 2.32. The van der Waals surface area contributed by atoms with Gasteiger partial charge in [-0.05, 0) is 31.2 Å². The Bertz CT molecular complexity index is 736. The Morgan fingerprint density at radius 2 is 1.95 bits per heavy atom. The lowest BCUT2D eigenvalue weighted by Gasteiger charge is -2.09. The molecular weight excluding hydrogens is 272 g/mol. The van der Waals surface area contributed by atoms with Crippen molar-refractivity contribution < 1.29 is 4.74 Å². The number of fused-ring (bicyclic) bond motifs is 1. The van der Waals surface area contributed by atoms with Gasteiger partial charge in [-0.2, -0.15) is 0 Å². The lowest BCUT2D eigenvalue weighted by atomic mass is 10.1. The molecular formula is C16H15ClN2O. The summed E-state index contributed by atoms with van der Waals surface area (Å²) in [6, 6.07) is 13.8. The molecule has 102 valence electrons. The summed E-state index contributed by atoms with van der Waals surface area (Å²) < 4.78 is 7.71. The summed E-state index contributed by atoms with van der Waals surface area (Å²) in [5.41, 5.74) is 3.74. The second kappa shape index (κ2) is 5.55. The second-order valence-corrected chi connectivity index (χ2v) is 4.67. The summed E-state index contributed by atoms with van der Waals surface area (Å²) in [5, 5.41) is 0. The van der Waals surface area contributed by atoms with Gasteiger partial charge in [0.15, 0.2) is 0 Å². The van der Waals surface area contributed by atoms with Gasteiger partial charge in [-0.15, -0.1) is 11.6 Å². The Kier molecular flexibility index (Phi) is 3.61. The van der Waals surface area contributed by atoms with Crippen LogP contribution in [0.4, 0.5) is 0 Å². The number of pyridine rings is 1. The van der Waals surface area contributed by atoms with Crippen LogP contribution in [0.3, 0.4) is 0 Å². The lowest BCUT2D eigenvalue weighted by Crippen LogP contribution is -1.96. The number of imidazole rings is 1. The molecule has 0 saturated carbocycles. The predicted molar refractivity (Wildman–Crippen MR) is 81.4 cm³/mol. The predicted octanol–water partition coefficient (Wildman–Crippen LogP) is 4.14. The minimum Gasteiger partial charge on any atom is -0.493 e. The van der Waals surface area contributed by atoms with Crippen LogP contribution in [-0.4, -0.2) is 16.0 Å². The molecule has 2 aromatic heterocycles. The van der Waals surface area contributed by atoms with Crippen LogP contribution >= 0.6 is 11.6 Å². The molecule has 3 aromatic rings. The van der Waals surface area contributed by atoms with Crippen LogP contribution in [0.2, 0.25) is 0 Å². The van der Waals surface area contributed by atoms with Crippen LogP contribution in [-0.2, 0) is 5.88 Å². The van der Waals surface area contributed by atoms with E-state index in [4.69, 9.17) is 21.3 Å². The maximum Gasteiger partial charge on any atom is 0.137 e. The van der Waals surface area contributed by atoms with E-state index in [9.17, 15) is 0 Å². The van der Waals surface area contributed by atoms with Gasteiger partial charge in [-0.25, -0.2) is 4.98 Å². The Morgan fingerprint density at radius 3 is 2.75 bits per heavy atom. The Hall–Kier alpha value is -2.00. The molecule has 0 aliphatic heterocycles. The number of para-hydroxylation sites is 1. The van der Waals surface area contributed by atoms with Gasteiger partial charge >= 0.3 is 0 Å². The molecule has 2 heterocycles. The van der Waals surface area contributed by atoms with Gasteiger partial charge in [-0.1, -0.05) is 18.2 Å². The number of rotatable bonds is 4. The van der Waals surface area contributed by atoms with E-state index in [0.29, 0.717) is 12.5 Å². The van der Waals surface area contributed by atoms with Crippen molar-refractivity contribution in [2.75, 3.05) is 6.61 Å². The first-order valence-electron chi connectivity index (χ1n) is 6.59. The molecule has 20 heavy (non-hydrogen) atoms. The van der Waals surface area contributed by atoms with Crippen molar-refractivity contribution in [2.45, 2.75) is 12.8 Å².